The second-order valence-electron chi connectivity index (χ2n) is 3.60. The first-order valence-electron chi connectivity index (χ1n) is 4.87. The van der Waals surface area contributed by atoms with E-state index in [1.165, 1.54) is 0 Å². The average Bonchev–Trinajstić information content (AvgIpc) is 2.53. The van der Waals surface area contributed by atoms with E-state index in [1.54, 1.807) is 10.9 Å². The van der Waals surface area contributed by atoms with Crippen molar-refractivity contribution in [2.45, 2.75) is 13.8 Å². The molecule has 16 heavy (non-hydrogen) atoms. The minimum atomic E-state index is 0.558. The van der Waals surface area contributed by atoms with Crippen LogP contribution < -0.4 is 4.74 Å². The van der Waals surface area contributed by atoms with Gasteiger partial charge in [0.15, 0.2) is 0 Å². The van der Waals surface area contributed by atoms with Crippen molar-refractivity contribution in [2.24, 2.45) is 7.05 Å². The summed E-state index contributed by atoms with van der Waals surface area (Å²) in [6, 6.07) is 3.79. The Hall–Kier alpha value is -1.36. The van der Waals surface area contributed by atoms with Crippen molar-refractivity contribution >= 4 is 15.9 Å². The van der Waals surface area contributed by atoms with Crippen LogP contribution in [0.4, 0.5) is 0 Å². The monoisotopic (exact) mass is 281 g/mol. The predicted molar refractivity (Wildman–Crippen MR) is 64.7 cm³/mol. The highest BCUT2D eigenvalue weighted by atomic mass is 79.9. The highest BCUT2D eigenvalue weighted by molar-refractivity contribution is 9.10. The topological polar surface area (TPSA) is 39.9 Å². The van der Waals surface area contributed by atoms with Crippen LogP contribution in [0.2, 0.25) is 0 Å². The molecule has 0 N–H and O–H groups in total. The lowest BCUT2D eigenvalue weighted by molar-refractivity contribution is 0.412. The van der Waals surface area contributed by atoms with Gasteiger partial charge < -0.3 is 4.74 Å². The normalized spacial score (nSPS) is 10.5. The Kier molecular flexibility index (Phi) is 2.96. The van der Waals surface area contributed by atoms with Gasteiger partial charge in [-0.3, -0.25) is 0 Å². The van der Waals surface area contributed by atoms with Gasteiger partial charge in [0.2, 0.25) is 11.8 Å². The molecule has 2 aromatic heterocycles. The van der Waals surface area contributed by atoms with Gasteiger partial charge in [-0.1, -0.05) is 0 Å². The zero-order valence-corrected chi connectivity index (χ0v) is 10.9. The van der Waals surface area contributed by atoms with Crippen LogP contribution in [0, 0.1) is 13.8 Å². The maximum absolute atomic E-state index is 5.68. The molecule has 2 rings (SSSR count). The molecule has 0 aromatic carbocycles. The summed E-state index contributed by atoms with van der Waals surface area (Å²) in [5.41, 5.74) is 2.00. The first-order valence-corrected chi connectivity index (χ1v) is 5.67. The number of hydrogen-bond acceptors (Lipinski definition) is 3. The predicted octanol–water partition coefficient (Wildman–Crippen LogP) is 2.99. The van der Waals surface area contributed by atoms with Crippen LogP contribution in [0.5, 0.6) is 11.8 Å². The summed E-state index contributed by atoms with van der Waals surface area (Å²) in [6.45, 7) is 3.92. The fourth-order valence-corrected chi connectivity index (χ4v) is 1.68. The molecule has 84 valence electrons. The average molecular weight is 282 g/mol. The standard InChI is InChI=1S/C11H12BrN3O/c1-7-4-5-13-11(10(7)12)16-9-6-8(2)14-15(9)3/h4-6H,1-3H3. The maximum Gasteiger partial charge on any atom is 0.235 e. The number of halogens is 1. The third kappa shape index (κ3) is 2.09. The molecular formula is C11H12BrN3O. The third-order valence-electron chi connectivity index (χ3n) is 2.21. The molecule has 0 amide bonds. The van der Waals surface area contributed by atoms with Gasteiger partial charge in [0.25, 0.3) is 0 Å². The molecule has 0 saturated heterocycles. The molecule has 5 heteroatoms. The molecule has 0 fully saturated rings. The molecule has 0 unspecified atom stereocenters. The molecule has 4 nitrogen and oxygen atoms in total. The minimum absolute atomic E-state index is 0.558. The van der Waals surface area contributed by atoms with E-state index in [0.717, 1.165) is 15.7 Å². The van der Waals surface area contributed by atoms with Gasteiger partial charge in [0.1, 0.15) is 0 Å². The van der Waals surface area contributed by atoms with Crippen LogP contribution in [0.1, 0.15) is 11.3 Å². The molecule has 0 spiro atoms. The lowest BCUT2D eigenvalue weighted by Crippen LogP contribution is -1.97. The first kappa shape index (κ1) is 11.1. The van der Waals surface area contributed by atoms with Crippen LogP contribution in [0.25, 0.3) is 0 Å². The van der Waals surface area contributed by atoms with Crippen LogP contribution in [-0.4, -0.2) is 14.8 Å². The zero-order valence-electron chi connectivity index (χ0n) is 9.36. The third-order valence-corrected chi connectivity index (χ3v) is 3.18. The molecule has 2 heterocycles. The van der Waals surface area contributed by atoms with E-state index < -0.39 is 0 Å². The largest absolute Gasteiger partial charge is 0.420 e. The highest BCUT2D eigenvalue weighted by Crippen LogP contribution is 2.29. The SMILES string of the molecule is Cc1cc(Oc2nccc(C)c2Br)n(C)n1. The Morgan fingerprint density at radius 1 is 1.38 bits per heavy atom. The Morgan fingerprint density at radius 2 is 2.12 bits per heavy atom. The number of pyridine rings is 1. The number of ether oxygens (including phenoxy) is 1. The van der Waals surface area contributed by atoms with Gasteiger partial charge in [0.05, 0.1) is 10.2 Å². The second kappa shape index (κ2) is 4.25. The van der Waals surface area contributed by atoms with Crippen molar-refractivity contribution in [2.75, 3.05) is 0 Å². The highest BCUT2D eigenvalue weighted by Gasteiger charge is 2.09. The summed E-state index contributed by atoms with van der Waals surface area (Å²) in [6.07, 6.45) is 1.72. The van der Waals surface area contributed by atoms with Crippen LogP contribution >= 0.6 is 15.9 Å². The number of aromatic nitrogens is 3. The first-order chi connectivity index (χ1) is 7.58. The van der Waals surface area contributed by atoms with E-state index in [-0.39, 0.29) is 0 Å². The van der Waals surface area contributed by atoms with Crippen molar-refractivity contribution < 1.29 is 4.74 Å². The van der Waals surface area contributed by atoms with Crippen molar-refractivity contribution in [3.05, 3.63) is 34.1 Å². The van der Waals surface area contributed by atoms with E-state index in [1.807, 2.05) is 33.0 Å². The van der Waals surface area contributed by atoms with Gasteiger partial charge in [-0.25, -0.2) is 9.67 Å². The number of aryl methyl sites for hydroxylation is 3. The van der Waals surface area contributed by atoms with E-state index in [9.17, 15) is 0 Å². The van der Waals surface area contributed by atoms with Gasteiger partial charge in [0, 0.05) is 19.3 Å². The maximum atomic E-state index is 5.68. The molecule has 0 saturated carbocycles. The number of rotatable bonds is 2. The van der Waals surface area contributed by atoms with Crippen molar-refractivity contribution in [3.63, 3.8) is 0 Å². The van der Waals surface area contributed by atoms with E-state index in [4.69, 9.17) is 4.74 Å². The Balaban J connectivity index is 2.34. The van der Waals surface area contributed by atoms with E-state index in [2.05, 4.69) is 26.0 Å². The van der Waals surface area contributed by atoms with Crippen LogP contribution in [0.3, 0.4) is 0 Å². The zero-order chi connectivity index (χ0) is 11.7. The minimum Gasteiger partial charge on any atom is -0.420 e. The molecule has 0 atom stereocenters. The summed E-state index contributed by atoms with van der Waals surface area (Å²) < 4.78 is 8.24. The molecule has 2 aromatic rings. The molecule has 0 aliphatic rings. The smallest absolute Gasteiger partial charge is 0.235 e. The number of nitrogens with zero attached hydrogens (tertiary/aromatic N) is 3. The van der Waals surface area contributed by atoms with Gasteiger partial charge in [-0.2, -0.15) is 5.10 Å². The van der Waals surface area contributed by atoms with E-state index in [0.29, 0.717) is 11.8 Å². The van der Waals surface area contributed by atoms with Crippen molar-refractivity contribution in [1.82, 2.24) is 14.8 Å². The van der Waals surface area contributed by atoms with Crippen molar-refractivity contribution in [3.8, 4) is 11.8 Å². The lowest BCUT2D eigenvalue weighted by Gasteiger charge is -2.07. The van der Waals surface area contributed by atoms with E-state index >= 15 is 0 Å². The molecule has 0 bridgehead atoms. The summed E-state index contributed by atoms with van der Waals surface area (Å²) in [4.78, 5) is 4.17. The Morgan fingerprint density at radius 3 is 2.75 bits per heavy atom. The molecular weight excluding hydrogens is 270 g/mol. The fourth-order valence-electron chi connectivity index (χ4n) is 1.37. The van der Waals surface area contributed by atoms with Gasteiger partial charge in [-0.05, 0) is 41.4 Å². The summed E-state index contributed by atoms with van der Waals surface area (Å²) >= 11 is 3.45. The molecule has 0 radical (unpaired) electrons. The quantitative estimate of drug-likeness (QED) is 0.850. The molecule has 0 aliphatic heterocycles. The number of hydrogen-bond donors (Lipinski definition) is 0. The van der Waals surface area contributed by atoms with Crippen molar-refractivity contribution in [1.29, 1.82) is 0 Å². The van der Waals surface area contributed by atoms with Crippen LogP contribution in [-0.2, 0) is 7.05 Å². The lowest BCUT2D eigenvalue weighted by atomic mass is 10.3. The Bertz CT molecular complexity index is 522. The fraction of sp³-hybridized carbons (Fsp3) is 0.273. The van der Waals surface area contributed by atoms with Gasteiger partial charge >= 0.3 is 0 Å². The summed E-state index contributed by atoms with van der Waals surface area (Å²) in [5, 5.41) is 4.21. The Labute approximate surface area is 102 Å². The molecule has 0 aliphatic carbocycles. The van der Waals surface area contributed by atoms with Gasteiger partial charge in [-0.15, -0.1) is 0 Å². The summed E-state index contributed by atoms with van der Waals surface area (Å²) in [7, 11) is 1.84. The second-order valence-corrected chi connectivity index (χ2v) is 4.39. The summed E-state index contributed by atoms with van der Waals surface area (Å²) in [5.74, 6) is 1.24. The van der Waals surface area contributed by atoms with Crippen LogP contribution in [0.15, 0.2) is 22.8 Å².